The number of aromatic nitrogens is 3. The van der Waals surface area contributed by atoms with Crippen LogP contribution in [0.5, 0.6) is 0 Å². The molecule has 18 heavy (non-hydrogen) atoms. The highest BCUT2D eigenvalue weighted by Gasteiger charge is 2.13. The number of esters is 1. The fourth-order valence-corrected chi connectivity index (χ4v) is 2.08. The number of nitrogens with one attached hydrogen (secondary N) is 1. The van der Waals surface area contributed by atoms with Crippen LogP contribution in [0.3, 0.4) is 0 Å². The molecule has 0 bridgehead atoms. The van der Waals surface area contributed by atoms with Gasteiger partial charge in [0.15, 0.2) is 0 Å². The molecule has 2 aromatic rings. The third kappa shape index (κ3) is 2.80. The monoisotopic (exact) mass is 264 g/mol. The van der Waals surface area contributed by atoms with E-state index in [2.05, 4.69) is 25.0 Å². The molecule has 2 aromatic heterocycles. The van der Waals surface area contributed by atoms with Crippen molar-refractivity contribution in [2.75, 3.05) is 12.4 Å². The molecule has 0 amide bonds. The van der Waals surface area contributed by atoms with Crippen molar-refractivity contribution < 1.29 is 9.53 Å². The van der Waals surface area contributed by atoms with Gasteiger partial charge in [0.2, 0.25) is 0 Å². The van der Waals surface area contributed by atoms with E-state index < -0.39 is 5.97 Å². The molecule has 0 aliphatic heterocycles. The largest absolute Gasteiger partial charge is 0.465 e. The number of carbonyl (C=O) groups is 1. The predicted molar refractivity (Wildman–Crippen MR) is 67.5 cm³/mol. The summed E-state index contributed by atoms with van der Waals surface area (Å²) in [5, 5.41) is 5.96. The summed E-state index contributed by atoms with van der Waals surface area (Å²) < 4.78 is 4.66. The standard InChI is InChI=1S/C11H12N4O2S/c1-7-5-18-9(15-7)4-13-10-8(11(16)17-2)3-12-6-14-10/h3,5-6H,4H2,1-2H3,(H,12,13,14). The van der Waals surface area contributed by atoms with Crippen LogP contribution in [0.25, 0.3) is 0 Å². The lowest BCUT2D eigenvalue weighted by atomic mass is 10.3. The molecule has 2 rings (SSSR count). The number of carbonyl (C=O) groups excluding carboxylic acids is 1. The first-order chi connectivity index (χ1) is 8.70. The van der Waals surface area contributed by atoms with E-state index in [-0.39, 0.29) is 0 Å². The van der Waals surface area contributed by atoms with Crippen molar-refractivity contribution in [1.82, 2.24) is 15.0 Å². The molecule has 0 aromatic carbocycles. The van der Waals surface area contributed by atoms with Crippen LogP contribution in [0.15, 0.2) is 17.9 Å². The van der Waals surface area contributed by atoms with Crippen LogP contribution in [0, 0.1) is 6.92 Å². The Morgan fingerprint density at radius 1 is 1.56 bits per heavy atom. The normalized spacial score (nSPS) is 10.1. The molecule has 0 unspecified atom stereocenters. The van der Waals surface area contributed by atoms with Crippen molar-refractivity contribution in [3.63, 3.8) is 0 Å². The lowest BCUT2D eigenvalue weighted by molar-refractivity contribution is 0.0601. The summed E-state index contributed by atoms with van der Waals surface area (Å²) in [4.78, 5) is 23.6. The highest BCUT2D eigenvalue weighted by atomic mass is 32.1. The Hall–Kier alpha value is -2.02. The van der Waals surface area contributed by atoms with Crippen LogP contribution in [-0.4, -0.2) is 28.0 Å². The van der Waals surface area contributed by atoms with E-state index in [4.69, 9.17) is 0 Å². The Balaban J connectivity index is 2.11. The molecule has 0 aliphatic rings. The van der Waals surface area contributed by atoms with Crippen LogP contribution >= 0.6 is 11.3 Å². The molecule has 0 fully saturated rings. The molecule has 2 heterocycles. The van der Waals surface area contributed by atoms with Crippen molar-refractivity contribution in [1.29, 1.82) is 0 Å². The summed E-state index contributed by atoms with van der Waals surface area (Å²) in [5.41, 5.74) is 1.29. The topological polar surface area (TPSA) is 77.0 Å². The predicted octanol–water partition coefficient (Wildman–Crippen LogP) is 1.64. The van der Waals surface area contributed by atoms with E-state index in [1.165, 1.54) is 19.6 Å². The molecular formula is C11H12N4O2S. The second-order valence-electron chi connectivity index (χ2n) is 3.51. The van der Waals surface area contributed by atoms with Gasteiger partial charge in [-0.15, -0.1) is 11.3 Å². The van der Waals surface area contributed by atoms with Crippen LogP contribution in [0.4, 0.5) is 5.82 Å². The number of hydrogen-bond acceptors (Lipinski definition) is 7. The van der Waals surface area contributed by atoms with E-state index >= 15 is 0 Å². The molecular weight excluding hydrogens is 252 g/mol. The third-order valence-electron chi connectivity index (χ3n) is 2.19. The van der Waals surface area contributed by atoms with E-state index in [0.29, 0.717) is 17.9 Å². The van der Waals surface area contributed by atoms with Gasteiger partial charge in [-0.1, -0.05) is 0 Å². The van der Waals surface area contributed by atoms with Crippen molar-refractivity contribution in [2.24, 2.45) is 0 Å². The van der Waals surface area contributed by atoms with Gasteiger partial charge in [0, 0.05) is 17.3 Å². The Morgan fingerprint density at radius 2 is 2.39 bits per heavy atom. The number of nitrogens with zero attached hydrogens (tertiary/aromatic N) is 3. The minimum Gasteiger partial charge on any atom is -0.465 e. The summed E-state index contributed by atoms with van der Waals surface area (Å²) in [6.07, 6.45) is 2.80. The average Bonchev–Trinajstić information content (AvgIpc) is 2.81. The van der Waals surface area contributed by atoms with Gasteiger partial charge in [0.25, 0.3) is 0 Å². The van der Waals surface area contributed by atoms with Crippen molar-refractivity contribution in [3.8, 4) is 0 Å². The van der Waals surface area contributed by atoms with Gasteiger partial charge in [-0.05, 0) is 6.92 Å². The Kier molecular flexibility index (Phi) is 3.83. The van der Waals surface area contributed by atoms with Gasteiger partial charge in [0.05, 0.1) is 13.7 Å². The molecule has 0 saturated heterocycles. The molecule has 0 saturated carbocycles. The summed E-state index contributed by atoms with van der Waals surface area (Å²) in [6.45, 7) is 2.45. The number of hydrogen-bond donors (Lipinski definition) is 1. The van der Waals surface area contributed by atoms with E-state index in [1.807, 2.05) is 12.3 Å². The first-order valence-corrected chi connectivity index (χ1v) is 6.12. The summed E-state index contributed by atoms with van der Waals surface area (Å²) in [5.74, 6) is -0.0156. The Bertz CT molecular complexity index is 555. The first-order valence-electron chi connectivity index (χ1n) is 5.24. The Morgan fingerprint density at radius 3 is 3.06 bits per heavy atom. The minimum atomic E-state index is -0.464. The van der Waals surface area contributed by atoms with Crippen LogP contribution in [0.1, 0.15) is 21.1 Å². The number of ether oxygens (including phenoxy) is 1. The van der Waals surface area contributed by atoms with Crippen LogP contribution < -0.4 is 5.32 Å². The van der Waals surface area contributed by atoms with Gasteiger partial charge in [-0.3, -0.25) is 0 Å². The summed E-state index contributed by atoms with van der Waals surface area (Å²) >= 11 is 1.56. The van der Waals surface area contributed by atoms with E-state index in [1.54, 1.807) is 11.3 Å². The fourth-order valence-electron chi connectivity index (χ4n) is 1.37. The average molecular weight is 264 g/mol. The second-order valence-corrected chi connectivity index (χ2v) is 4.46. The van der Waals surface area contributed by atoms with Gasteiger partial charge in [0.1, 0.15) is 22.7 Å². The van der Waals surface area contributed by atoms with Crippen LogP contribution in [0.2, 0.25) is 0 Å². The molecule has 0 aliphatic carbocycles. The number of thiazole rings is 1. The maximum Gasteiger partial charge on any atom is 0.343 e. The quantitative estimate of drug-likeness (QED) is 0.846. The lowest BCUT2D eigenvalue weighted by Crippen LogP contribution is -2.10. The van der Waals surface area contributed by atoms with Crippen LogP contribution in [-0.2, 0) is 11.3 Å². The van der Waals surface area contributed by atoms with Crippen molar-refractivity contribution in [3.05, 3.63) is 34.2 Å². The number of methoxy groups -OCH3 is 1. The van der Waals surface area contributed by atoms with Gasteiger partial charge in [-0.25, -0.2) is 19.7 Å². The molecule has 0 spiro atoms. The number of aryl methyl sites for hydroxylation is 1. The number of rotatable bonds is 4. The smallest absolute Gasteiger partial charge is 0.343 e. The summed E-state index contributed by atoms with van der Waals surface area (Å²) in [6, 6.07) is 0. The fraction of sp³-hybridized carbons (Fsp3) is 0.273. The minimum absolute atomic E-state index is 0.313. The number of anilines is 1. The maximum absolute atomic E-state index is 11.5. The molecule has 0 atom stereocenters. The van der Waals surface area contributed by atoms with E-state index in [0.717, 1.165) is 10.7 Å². The van der Waals surface area contributed by atoms with Gasteiger partial charge in [-0.2, -0.15) is 0 Å². The maximum atomic E-state index is 11.5. The summed E-state index contributed by atoms with van der Waals surface area (Å²) in [7, 11) is 1.32. The molecule has 1 N–H and O–H groups in total. The first kappa shape index (κ1) is 12.4. The van der Waals surface area contributed by atoms with E-state index in [9.17, 15) is 4.79 Å². The lowest BCUT2D eigenvalue weighted by Gasteiger charge is -2.07. The van der Waals surface area contributed by atoms with Crippen molar-refractivity contribution in [2.45, 2.75) is 13.5 Å². The highest BCUT2D eigenvalue weighted by molar-refractivity contribution is 7.09. The molecule has 0 radical (unpaired) electrons. The SMILES string of the molecule is COC(=O)c1cncnc1NCc1nc(C)cs1. The molecule has 7 heteroatoms. The zero-order valence-corrected chi connectivity index (χ0v) is 10.8. The van der Waals surface area contributed by atoms with Crippen molar-refractivity contribution >= 4 is 23.1 Å². The molecule has 6 nitrogen and oxygen atoms in total. The third-order valence-corrected chi connectivity index (χ3v) is 3.16. The second kappa shape index (κ2) is 5.54. The highest BCUT2D eigenvalue weighted by Crippen LogP contribution is 2.14. The zero-order valence-electron chi connectivity index (χ0n) is 10.0. The zero-order chi connectivity index (χ0) is 13.0. The Labute approximate surface area is 108 Å². The molecule has 94 valence electrons. The van der Waals surface area contributed by atoms with Gasteiger partial charge < -0.3 is 10.1 Å². The van der Waals surface area contributed by atoms with Gasteiger partial charge >= 0.3 is 5.97 Å².